The van der Waals surface area contributed by atoms with E-state index in [1.807, 2.05) is 0 Å². The Balaban J connectivity index is 1.56. The van der Waals surface area contributed by atoms with Crippen molar-refractivity contribution in [1.29, 1.82) is 0 Å². The summed E-state index contributed by atoms with van der Waals surface area (Å²) in [6.07, 6.45) is 6.78. The Morgan fingerprint density at radius 3 is 2.74 bits per heavy atom. The highest BCUT2D eigenvalue weighted by molar-refractivity contribution is 5.37. The van der Waals surface area contributed by atoms with Crippen LogP contribution in [0.5, 0.6) is 0 Å². The van der Waals surface area contributed by atoms with Gasteiger partial charge in [0.1, 0.15) is 0 Å². The summed E-state index contributed by atoms with van der Waals surface area (Å²) >= 11 is 0. The lowest BCUT2D eigenvalue weighted by Gasteiger charge is -2.27. The van der Waals surface area contributed by atoms with E-state index in [0.29, 0.717) is 6.04 Å². The Kier molecular flexibility index (Phi) is 3.90. The van der Waals surface area contributed by atoms with Crippen molar-refractivity contribution in [2.75, 3.05) is 6.54 Å². The van der Waals surface area contributed by atoms with Crippen LogP contribution in [-0.2, 0) is 6.42 Å². The van der Waals surface area contributed by atoms with Crippen molar-refractivity contribution >= 4 is 0 Å². The summed E-state index contributed by atoms with van der Waals surface area (Å²) in [7, 11) is 0. The first kappa shape index (κ1) is 13.1. The molecule has 0 spiro atoms. The first-order chi connectivity index (χ1) is 9.22. The van der Waals surface area contributed by atoms with E-state index in [1.165, 1.54) is 42.4 Å². The predicted molar refractivity (Wildman–Crippen MR) is 78.2 cm³/mol. The summed E-state index contributed by atoms with van der Waals surface area (Å²) in [6.45, 7) is 3.29. The van der Waals surface area contributed by atoms with Crippen LogP contribution in [-0.4, -0.2) is 17.8 Å². The SMILES string of the molecule is Cc1ccc2c(c1)C(NCC1CCC(O)CC1)CC2. The number of aliphatic hydroxyl groups excluding tert-OH is 1. The second-order valence-electron chi connectivity index (χ2n) is 6.38. The fraction of sp³-hybridized carbons (Fsp3) is 0.647. The number of aryl methyl sites for hydroxylation is 2. The van der Waals surface area contributed by atoms with Gasteiger partial charge in [-0.05, 0) is 69.0 Å². The van der Waals surface area contributed by atoms with Gasteiger partial charge in [0.15, 0.2) is 0 Å². The molecule has 2 aliphatic carbocycles. The number of benzene rings is 1. The molecule has 0 heterocycles. The molecule has 19 heavy (non-hydrogen) atoms. The number of hydrogen-bond acceptors (Lipinski definition) is 2. The quantitative estimate of drug-likeness (QED) is 0.874. The van der Waals surface area contributed by atoms with Gasteiger partial charge in [-0.15, -0.1) is 0 Å². The molecule has 1 unspecified atom stereocenters. The van der Waals surface area contributed by atoms with E-state index in [2.05, 4.69) is 30.4 Å². The molecular weight excluding hydrogens is 234 g/mol. The average Bonchev–Trinajstić information content (AvgIpc) is 2.80. The minimum atomic E-state index is -0.0360. The lowest BCUT2D eigenvalue weighted by Crippen LogP contribution is -2.30. The largest absolute Gasteiger partial charge is 0.393 e. The second kappa shape index (κ2) is 5.64. The average molecular weight is 259 g/mol. The molecule has 1 aromatic carbocycles. The Morgan fingerprint density at radius 1 is 1.16 bits per heavy atom. The van der Waals surface area contributed by atoms with Crippen LogP contribution in [0.4, 0.5) is 0 Å². The normalized spacial score (nSPS) is 30.3. The molecule has 0 aromatic heterocycles. The number of rotatable bonds is 3. The van der Waals surface area contributed by atoms with Crippen LogP contribution in [0.2, 0.25) is 0 Å². The van der Waals surface area contributed by atoms with Crippen molar-refractivity contribution in [3.05, 3.63) is 34.9 Å². The van der Waals surface area contributed by atoms with Gasteiger partial charge >= 0.3 is 0 Å². The van der Waals surface area contributed by atoms with Gasteiger partial charge in [0, 0.05) is 6.04 Å². The van der Waals surface area contributed by atoms with Gasteiger partial charge in [-0.1, -0.05) is 23.8 Å². The summed E-state index contributed by atoms with van der Waals surface area (Å²) in [6, 6.07) is 7.43. The van der Waals surface area contributed by atoms with Gasteiger partial charge in [-0.25, -0.2) is 0 Å². The highest BCUT2D eigenvalue weighted by atomic mass is 16.3. The molecule has 104 valence electrons. The minimum absolute atomic E-state index is 0.0360. The highest BCUT2D eigenvalue weighted by Gasteiger charge is 2.24. The van der Waals surface area contributed by atoms with E-state index in [1.54, 1.807) is 0 Å². The Morgan fingerprint density at radius 2 is 1.95 bits per heavy atom. The predicted octanol–water partition coefficient (Wildman–Crippen LogP) is 3.12. The van der Waals surface area contributed by atoms with Crippen molar-refractivity contribution in [3.63, 3.8) is 0 Å². The molecule has 1 aromatic rings. The van der Waals surface area contributed by atoms with Crippen molar-refractivity contribution in [2.24, 2.45) is 5.92 Å². The van der Waals surface area contributed by atoms with Gasteiger partial charge in [0.2, 0.25) is 0 Å². The lowest BCUT2D eigenvalue weighted by molar-refractivity contribution is 0.107. The molecule has 0 radical (unpaired) electrons. The van der Waals surface area contributed by atoms with E-state index >= 15 is 0 Å². The van der Waals surface area contributed by atoms with Crippen LogP contribution in [0.3, 0.4) is 0 Å². The van der Waals surface area contributed by atoms with Crippen molar-refractivity contribution in [1.82, 2.24) is 5.32 Å². The topological polar surface area (TPSA) is 32.3 Å². The standard InChI is InChI=1S/C17H25NO/c1-12-2-5-14-6-9-17(16(14)10-12)18-11-13-3-7-15(19)8-4-13/h2,5,10,13,15,17-19H,3-4,6-9,11H2,1H3. The third kappa shape index (κ3) is 3.01. The third-order valence-electron chi connectivity index (χ3n) is 4.85. The van der Waals surface area contributed by atoms with Gasteiger partial charge in [-0.2, -0.15) is 0 Å². The Bertz CT molecular complexity index is 435. The van der Waals surface area contributed by atoms with Gasteiger partial charge in [0.05, 0.1) is 6.10 Å². The van der Waals surface area contributed by atoms with Crippen LogP contribution in [0.1, 0.15) is 54.8 Å². The molecule has 0 bridgehead atoms. The maximum atomic E-state index is 9.55. The van der Waals surface area contributed by atoms with Crippen LogP contribution in [0.25, 0.3) is 0 Å². The molecule has 1 atom stereocenters. The van der Waals surface area contributed by atoms with E-state index in [-0.39, 0.29) is 6.10 Å². The van der Waals surface area contributed by atoms with Crippen molar-refractivity contribution in [3.8, 4) is 0 Å². The zero-order valence-electron chi connectivity index (χ0n) is 11.9. The first-order valence-corrected chi connectivity index (χ1v) is 7.73. The minimum Gasteiger partial charge on any atom is -0.393 e. The molecule has 0 saturated heterocycles. The van der Waals surface area contributed by atoms with E-state index in [4.69, 9.17) is 0 Å². The summed E-state index contributed by atoms with van der Waals surface area (Å²) < 4.78 is 0. The molecule has 2 N–H and O–H groups in total. The fourth-order valence-electron chi connectivity index (χ4n) is 3.59. The zero-order chi connectivity index (χ0) is 13.2. The molecule has 1 fully saturated rings. The summed E-state index contributed by atoms with van der Waals surface area (Å²) in [5.74, 6) is 0.761. The van der Waals surface area contributed by atoms with Crippen LogP contribution in [0.15, 0.2) is 18.2 Å². The molecule has 0 aliphatic heterocycles. The molecule has 3 rings (SSSR count). The lowest BCUT2D eigenvalue weighted by atomic mass is 9.87. The van der Waals surface area contributed by atoms with Crippen molar-refractivity contribution in [2.45, 2.75) is 57.6 Å². The number of nitrogens with one attached hydrogen (secondary N) is 1. The maximum Gasteiger partial charge on any atom is 0.0540 e. The van der Waals surface area contributed by atoms with Gasteiger partial charge in [-0.3, -0.25) is 0 Å². The van der Waals surface area contributed by atoms with Crippen LogP contribution >= 0.6 is 0 Å². The van der Waals surface area contributed by atoms with E-state index in [9.17, 15) is 5.11 Å². The molecule has 0 amide bonds. The third-order valence-corrected chi connectivity index (χ3v) is 4.85. The van der Waals surface area contributed by atoms with Gasteiger partial charge in [0.25, 0.3) is 0 Å². The van der Waals surface area contributed by atoms with Crippen LogP contribution in [0, 0.1) is 12.8 Å². The summed E-state index contributed by atoms with van der Waals surface area (Å²) in [5.41, 5.74) is 4.42. The monoisotopic (exact) mass is 259 g/mol. The van der Waals surface area contributed by atoms with Crippen LogP contribution < -0.4 is 5.32 Å². The number of aliphatic hydroxyl groups is 1. The second-order valence-corrected chi connectivity index (χ2v) is 6.38. The molecule has 2 nitrogen and oxygen atoms in total. The van der Waals surface area contributed by atoms with Crippen molar-refractivity contribution < 1.29 is 5.11 Å². The Hall–Kier alpha value is -0.860. The van der Waals surface area contributed by atoms with E-state index in [0.717, 1.165) is 25.3 Å². The zero-order valence-corrected chi connectivity index (χ0v) is 11.9. The first-order valence-electron chi connectivity index (χ1n) is 7.73. The number of hydrogen-bond donors (Lipinski definition) is 2. The summed E-state index contributed by atoms with van der Waals surface area (Å²) in [5, 5.41) is 13.3. The van der Waals surface area contributed by atoms with Gasteiger partial charge < -0.3 is 10.4 Å². The maximum absolute atomic E-state index is 9.55. The smallest absolute Gasteiger partial charge is 0.0540 e. The molecule has 1 saturated carbocycles. The molecule has 2 aliphatic rings. The summed E-state index contributed by atoms with van der Waals surface area (Å²) in [4.78, 5) is 0. The molecular formula is C17H25NO. The molecule has 2 heteroatoms. The number of fused-ring (bicyclic) bond motifs is 1. The fourth-order valence-corrected chi connectivity index (χ4v) is 3.59. The Labute approximate surface area is 116 Å². The highest BCUT2D eigenvalue weighted by Crippen LogP contribution is 2.32. The van der Waals surface area contributed by atoms with E-state index < -0.39 is 0 Å².